The van der Waals surface area contributed by atoms with E-state index in [1.54, 1.807) is 6.20 Å². The Morgan fingerprint density at radius 2 is 1.24 bits per heavy atom. The smallest absolute Gasteiger partial charge is 0.0887 e. The lowest BCUT2D eigenvalue weighted by Crippen LogP contribution is -2.10. The van der Waals surface area contributed by atoms with Crippen molar-refractivity contribution in [1.82, 2.24) is 14.5 Å². The maximum Gasteiger partial charge on any atom is 0.0887 e. The van der Waals surface area contributed by atoms with Crippen LogP contribution < -0.4 is 4.90 Å². The number of aromatic nitrogens is 3. The first-order chi connectivity index (χ1) is 22.3. The van der Waals surface area contributed by atoms with Crippen molar-refractivity contribution in [3.63, 3.8) is 0 Å². The SMILES string of the molecule is Cc1ccccc1-c1ccc(N(c2ccccc2)c2cccc3c2c2ccccc2n3-c2ccc(-c3ccccn3)nc2)cc1. The molecule has 5 aromatic carbocycles. The molecule has 0 spiro atoms. The summed E-state index contributed by atoms with van der Waals surface area (Å²) in [4.78, 5) is 11.7. The van der Waals surface area contributed by atoms with Gasteiger partial charge in [0.2, 0.25) is 0 Å². The summed E-state index contributed by atoms with van der Waals surface area (Å²) in [5, 5.41) is 2.38. The van der Waals surface area contributed by atoms with Gasteiger partial charge in [0.1, 0.15) is 0 Å². The molecule has 0 N–H and O–H groups in total. The molecular weight excluding hydrogens is 548 g/mol. The summed E-state index contributed by atoms with van der Waals surface area (Å²) in [7, 11) is 0. The Kier molecular flexibility index (Phi) is 6.65. The minimum absolute atomic E-state index is 0.852. The fourth-order valence-electron chi connectivity index (χ4n) is 6.34. The summed E-state index contributed by atoms with van der Waals surface area (Å²) < 4.78 is 2.31. The highest BCUT2D eigenvalue weighted by Crippen LogP contribution is 2.44. The van der Waals surface area contributed by atoms with Crippen LogP contribution in [0.2, 0.25) is 0 Å². The van der Waals surface area contributed by atoms with Gasteiger partial charge in [-0.1, -0.05) is 84.9 Å². The van der Waals surface area contributed by atoms with E-state index in [9.17, 15) is 0 Å². The maximum atomic E-state index is 4.82. The van der Waals surface area contributed by atoms with E-state index < -0.39 is 0 Å². The highest BCUT2D eigenvalue weighted by molar-refractivity contribution is 6.16. The molecule has 0 fully saturated rings. The average molecular weight is 579 g/mol. The van der Waals surface area contributed by atoms with E-state index >= 15 is 0 Å². The molecular formula is C41H30N4. The fraction of sp³-hybridized carbons (Fsp3) is 0.0244. The molecule has 4 nitrogen and oxygen atoms in total. The molecule has 0 atom stereocenters. The van der Waals surface area contributed by atoms with Gasteiger partial charge in [-0.25, -0.2) is 0 Å². The number of nitrogens with zero attached hydrogens (tertiary/aromatic N) is 4. The third-order valence-corrected chi connectivity index (χ3v) is 8.45. The highest BCUT2D eigenvalue weighted by Gasteiger charge is 2.21. The third kappa shape index (κ3) is 4.73. The summed E-state index contributed by atoms with van der Waals surface area (Å²) >= 11 is 0. The molecule has 8 aromatic rings. The van der Waals surface area contributed by atoms with Crippen LogP contribution in [-0.2, 0) is 0 Å². The van der Waals surface area contributed by atoms with E-state index in [1.165, 1.54) is 27.5 Å². The van der Waals surface area contributed by atoms with Crippen LogP contribution in [0.4, 0.5) is 17.1 Å². The number of hydrogen-bond acceptors (Lipinski definition) is 3. The number of para-hydroxylation sites is 2. The lowest BCUT2D eigenvalue weighted by atomic mass is 10.00. The number of aryl methyl sites for hydroxylation is 1. The summed E-state index contributed by atoms with van der Waals surface area (Å²) in [6.45, 7) is 2.16. The molecule has 0 bridgehead atoms. The van der Waals surface area contributed by atoms with Crippen LogP contribution >= 0.6 is 0 Å². The minimum atomic E-state index is 0.852. The number of anilines is 3. The molecule has 8 rings (SSSR count). The van der Waals surface area contributed by atoms with Gasteiger partial charge in [-0.2, -0.15) is 0 Å². The number of fused-ring (bicyclic) bond motifs is 3. The Hall–Kier alpha value is -6.00. The molecule has 4 heteroatoms. The Bertz CT molecular complexity index is 2250. The fourth-order valence-corrected chi connectivity index (χ4v) is 6.34. The summed E-state index contributed by atoms with van der Waals surface area (Å²) in [5.74, 6) is 0. The maximum absolute atomic E-state index is 4.82. The largest absolute Gasteiger partial charge is 0.310 e. The van der Waals surface area contributed by atoms with Gasteiger partial charge in [-0.15, -0.1) is 0 Å². The summed E-state index contributed by atoms with van der Waals surface area (Å²) in [5.41, 5.74) is 12.0. The molecule has 0 radical (unpaired) electrons. The second kappa shape index (κ2) is 11.3. The zero-order valence-corrected chi connectivity index (χ0v) is 24.9. The van der Waals surface area contributed by atoms with Gasteiger partial charge in [-0.05, 0) is 90.3 Å². The van der Waals surface area contributed by atoms with Crippen LogP contribution in [0.15, 0.2) is 164 Å². The van der Waals surface area contributed by atoms with E-state index in [0.717, 1.165) is 45.2 Å². The van der Waals surface area contributed by atoms with Crippen LogP contribution in [0, 0.1) is 6.92 Å². The first kappa shape index (κ1) is 26.6. The molecule has 0 aliphatic rings. The van der Waals surface area contributed by atoms with Crippen molar-refractivity contribution in [1.29, 1.82) is 0 Å². The van der Waals surface area contributed by atoms with E-state index in [1.807, 2.05) is 24.4 Å². The predicted octanol–water partition coefficient (Wildman–Crippen LogP) is 10.7. The van der Waals surface area contributed by atoms with Crippen molar-refractivity contribution in [3.05, 3.63) is 170 Å². The van der Waals surface area contributed by atoms with Crippen LogP contribution in [0.3, 0.4) is 0 Å². The molecule has 3 aromatic heterocycles. The Balaban J connectivity index is 1.31. The van der Waals surface area contributed by atoms with Crippen LogP contribution in [0.5, 0.6) is 0 Å². The van der Waals surface area contributed by atoms with E-state index in [-0.39, 0.29) is 0 Å². The van der Waals surface area contributed by atoms with Crippen molar-refractivity contribution < 1.29 is 0 Å². The molecule has 0 unspecified atom stereocenters. The molecule has 0 saturated carbocycles. The monoisotopic (exact) mass is 578 g/mol. The van der Waals surface area contributed by atoms with Crippen molar-refractivity contribution in [2.45, 2.75) is 6.92 Å². The van der Waals surface area contributed by atoms with Crippen LogP contribution in [-0.4, -0.2) is 14.5 Å². The second-order valence-electron chi connectivity index (χ2n) is 11.2. The van der Waals surface area contributed by atoms with Gasteiger partial charge in [0, 0.05) is 28.3 Å². The zero-order chi connectivity index (χ0) is 30.2. The first-order valence-corrected chi connectivity index (χ1v) is 15.2. The van der Waals surface area contributed by atoms with Crippen molar-refractivity contribution in [3.8, 4) is 28.2 Å². The van der Waals surface area contributed by atoms with Crippen molar-refractivity contribution in [2.75, 3.05) is 4.90 Å². The minimum Gasteiger partial charge on any atom is -0.310 e. The van der Waals surface area contributed by atoms with Crippen molar-refractivity contribution in [2.24, 2.45) is 0 Å². The molecule has 0 amide bonds. The van der Waals surface area contributed by atoms with Gasteiger partial charge in [-0.3, -0.25) is 9.97 Å². The third-order valence-electron chi connectivity index (χ3n) is 8.45. The number of hydrogen-bond donors (Lipinski definition) is 0. The topological polar surface area (TPSA) is 34.0 Å². The number of pyridine rings is 2. The molecule has 214 valence electrons. The van der Waals surface area contributed by atoms with Gasteiger partial charge < -0.3 is 9.47 Å². The van der Waals surface area contributed by atoms with Gasteiger partial charge in [0.15, 0.2) is 0 Å². The predicted molar refractivity (Wildman–Crippen MR) is 187 cm³/mol. The summed E-state index contributed by atoms with van der Waals surface area (Å²) in [6.07, 6.45) is 3.75. The average Bonchev–Trinajstić information content (AvgIpc) is 3.45. The number of rotatable bonds is 6. The van der Waals surface area contributed by atoms with E-state index in [2.05, 4.69) is 155 Å². The van der Waals surface area contributed by atoms with E-state index in [0.29, 0.717) is 0 Å². The van der Waals surface area contributed by atoms with Crippen LogP contribution in [0.1, 0.15) is 5.56 Å². The second-order valence-corrected chi connectivity index (χ2v) is 11.2. The normalized spacial score (nSPS) is 11.2. The lowest BCUT2D eigenvalue weighted by molar-refractivity contribution is 1.13. The molecule has 45 heavy (non-hydrogen) atoms. The molecule has 0 saturated heterocycles. The molecule has 0 aliphatic heterocycles. The summed E-state index contributed by atoms with van der Waals surface area (Å²) in [6, 6.07) is 53.4. The van der Waals surface area contributed by atoms with E-state index in [4.69, 9.17) is 4.98 Å². The van der Waals surface area contributed by atoms with Crippen molar-refractivity contribution >= 4 is 38.9 Å². The van der Waals surface area contributed by atoms with Gasteiger partial charge in [0.05, 0.1) is 40.0 Å². The Morgan fingerprint density at radius 1 is 0.533 bits per heavy atom. The van der Waals surface area contributed by atoms with Gasteiger partial charge >= 0.3 is 0 Å². The lowest BCUT2D eigenvalue weighted by Gasteiger charge is -2.26. The molecule has 3 heterocycles. The first-order valence-electron chi connectivity index (χ1n) is 15.2. The van der Waals surface area contributed by atoms with Gasteiger partial charge in [0.25, 0.3) is 0 Å². The Morgan fingerprint density at radius 3 is 2.02 bits per heavy atom. The standard InChI is InChI=1S/C41H30N4/c1-29-12-5-6-15-34(29)30-21-23-32(24-22-30)44(31-13-3-2-4-14-31)39-19-11-20-40-41(39)35-16-7-8-18-38(35)45(40)33-25-26-37(43-28-33)36-17-9-10-27-42-36/h2-28H,1H3. The number of benzene rings is 5. The quantitative estimate of drug-likeness (QED) is 0.197. The Labute approximate surface area is 262 Å². The zero-order valence-electron chi connectivity index (χ0n) is 24.9. The van der Waals surface area contributed by atoms with Crippen LogP contribution in [0.25, 0.3) is 50.0 Å². The highest BCUT2D eigenvalue weighted by atomic mass is 15.1. The molecule has 0 aliphatic carbocycles.